The number of rotatable bonds is 10. The number of aliphatic hydroxyl groups is 1. The predicted molar refractivity (Wildman–Crippen MR) is 218 cm³/mol. The van der Waals surface area contributed by atoms with Gasteiger partial charge in [-0.2, -0.15) is 0 Å². The van der Waals surface area contributed by atoms with E-state index in [1.165, 1.54) is 0 Å². The first-order valence-corrected chi connectivity index (χ1v) is 22.3. The van der Waals surface area contributed by atoms with E-state index in [0.29, 0.717) is 46.2 Å². The van der Waals surface area contributed by atoms with Crippen LogP contribution in [0.2, 0.25) is 23.7 Å². The van der Waals surface area contributed by atoms with Crippen molar-refractivity contribution < 1.29 is 23.5 Å². The van der Waals surface area contributed by atoms with E-state index < -0.39 is 31.6 Å². The Balaban J connectivity index is 1.01. The van der Waals surface area contributed by atoms with Gasteiger partial charge in [-0.15, -0.1) is 5.10 Å². The fourth-order valence-electron chi connectivity index (χ4n) is 9.49. The third kappa shape index (κ3) is 5.79. The molecular formula is C44H41ClFN5O4Si. The average molecular weight is 786 g/mol. The lowest BCUT2D eigenvalue weighted by Gasteiger charge is -2.31. The van der Waals surface area contributed by atoms with Gasteiger partial charge in [0.05, 0.1) is 47.8 Å². The van der Waals surface area contributed by atoms with Gasteiger partial charge >= 0.3 is 0 Å². The summed E-state index contributed by atoms with van der Waals surface area (Å²) in [5.41, 5.74) is 3.93. The fraction of sp³-hybridized carbons (Fsp3) is 0.273. The van der Waals surface area contributed by atoms with Gasteiger partial charge < -0.3 is 18.9 Å². The molecule has 5 aromatic carbocycles. The van der Waals surface area contributed by atoms with Crippen molar-refractivity contribution in [2.45, 2.75) is 62.7 Å². The molecule has 9 nitrogen and oxygen atoms in total. The molecule has 1 unspecified atom stereocenters. The largest absolute Gasteiger partial charge is 0.395 e. The maximum Gasteiger partial charge on any atom is 0.264 e. The third-order valence-electron chi connectivity index (χ3n) is 11.9. The number of aromatic nitrogens is 3. The molecule has 1 fully saturated rings. The lowest BCUT2D eigenvalue weighted by Crippen LogP contribution is -2.45. The molecule has 5 atom stereocenters. The van der Waals surface area contributed by atoms with Crippen LogP contribution in [-0.4, -0.2) is 53.0 Å². The Bertz CT molecular complexity index is 2500. The number of aliphatic hydroxyl groups excluding tert-OH is 1. The van der Waals surface area contributed by atoms with Crippen LogP contribution in [0.25, 0.3) is 10.8 Å². The first-order valence-electron chi connectivity index (χ1n) is 19.0. The van der Waals surface area contributed by atoms with Gasteiger partial charge in [-0.25, -0.2) is 0 Å². The van der Waals surface area contributed by atoms with Crippen molar-refractivity contribution in [3.8, 4) is 0 Å². The van der Waals surface area contributed by atoms with Crippen LogP contribution in [0.15, 0.2) is 115 Å². The number of aryl methyl sites for hydroxylation is 1. The molecule has 9 rings (SSSR count). The fourth-order valence-corrected chi connectivity index (χ4v) is 12.2. The molecule has 0 bridgehead atoms. The highest BCUT2D eigenvalue weighted by atomic mass is 35.5. The quantitative estimate of drug-likeness (QED) is 0.110. The summed E-state index contributed by atoms with van der Waals surface area (Å²) < 4.78 is 25.2. The highest BCUT2D eigenvalue weighted by Gasteiger charge is 2.66. The summed E-state index contributed by atoms with van der Waals surface area (Å²) in [6.45, 7) is 5.77. The van der Waals surface area contributed by atoms with Gasteiger partial charge in [0.25, 0.3) is 11.8 Å². The standard InChI is InChI=1S/C44H41ClFN5O4Si/c1-27-41(56(2,3)46)39(20-21-49-25-36(47-48-49)34(26-52)29-11-5-4-6-12-29)55-44(27)35-23-31(45)18-19-37(35)50(43(44)54)24-28-10-7-15-32(22-28)51-38-17-9-14-30-13-8-16-33(40(30)38)42(51)53/h4-19,22-23,25,27,34,39,41,52H,20-21,24,26H2,1-3H3/t27-,34?,39+,41-,44+/m1/s1. The number of hydrogen-bond donors (Lipinski definition) is 1. The van der Waals surface area contributed by atoms with E-state index in [0.717, 1.165) is 27.6 Å². The zero-order valence-corrected chi connectivity index (χ0v) is 33.0. The number of nitrogens with zero attached hydrogens (tertiary/aromatic N) is 5. The van der Waals surface area contributed by atoms with Crippen molar-refractivity contribution in [3.63, 3.8) is 0 Å². The molecule has 2 amide bonds. The van der Waals surface area contributed by atoms with Gasteiger partial charge in [0.15, 0.2) is 5.60 Å². The summed E-state index contributed by atoms with van der Waals surface area (Å²) in [5.74, 6) is -1.18. The van der Waals surface area contributed by atoms with Crippen LogP contribution >= 0.6 is 11.6 Å². The highest BCUT2D eigenvalue weighted by molar-refractivity contribution is 6.72. The number of halogens is 2. The molecule has 12 heteroatoms. The van der Waals surface area contributed by atoms with Crippen LogP contribution in [0.3, 0.4) is 0 Å². The number of ether oxygens (including phenoxy) is 1. The van der Waals surface area contributed by atoms with Crippen molar-refractivity contribution >= 4 is 59.7 Å². The minimum absolute atomic E-state index is 0.0973. The molecular weight excluding hydrogens is 745 g/mol. The minimum atomic E-state index is -3.43. The van der Waals surface area contributed by atoms with E-state index in [9.17, 15) is 9.90 Å². The van der Waals surface area contributed by atoms with Gasteiger partial charge in [0.2, 0.25) is 8.41 Å². The van der Waals surface area contributed by atoms with Crippen molar-refractivity contribution in [2.75, 3.05) is 16.4 Å². The number of amides is 2. The molecule has 0 aliphatic carbocycles. The second-order valence-corrected chi connectivity index (χ2v) is 19.9. The van der Waals surface area contributed by atoms with E-state index in [-0.39, 0.29) is 30.9 Å². The number of carbonyl (C=O) groups excluding carboxylic acids is 2. The van der Waals surface area contributed by atoms with Crippen LogP contribution in [-0.2, 0) is 28.2 Å². The predicted octanol–water partition coefficient (Wildman–Crippen LogP) is 8.91. The molecule has 284 valence electrons. The smallest absolute Gasteiger partial charge is 0.264 e. The van der Waals surface area contributed by atoms with E-state index >= 15 is 8.90 Å². The zero-order valence-electron chi connectivity index (χ0n) is 31.3. The molecule has 6 aromatic rings. The zero-order chi connectivity index (χ0) is 38.9. The highest BCUT2D eigenvalue weighted by Crippen LogP contribution is 2.60. The van der Waals surface area contributed by atoms with E-state index in [1.807, 2.05) is 110 Å². The van der Waals surface area contributed by atoms with Crippen molar-refractivity contribution in [1.82, 2.24) is 15.0 Å². The molecule has 0 saturated carbocycles. The number of benzene rings is 5. The Morgan fingerprint density at radius 2 is 1.71 bits per heavy atom. The summed E-state index contributed by atoms with van der Waals surface area (Å²) in [6, 6.07) is 34.4. The monoisotopic (exact) mass is 785 g/mol. The second kappa shape index (κ2) is 13.8. The molecule has 3 aliphatic rings. The van der Waals surface area contributed by atoms with Crippen LogP contribution in [0.4, 0.5) is 21.2 Å². The van der Waals surface area contributed by atoms with Crippen LogP contribution in [0.5, 0.6) is 0 Å². The van der Waals surface area contributed by atoms with Gasteiger partial charge in [-0.05, 0) is 78.5 Å². The van der Waals surface area contributed by atoms with Crippen molar-refractivity contribution in [2.24, 2.45) is 5.92 Å². The number of hydrogen-bond acceptors (Lipinski definition) is 6. The molecule has 1 spiro atoms. The van der Waals surface area contributed by atoms with Gasteiger partial charge in [-0.1, -0.05) is 90.5 Å². The molecule has 0 radical (unpaired) electrons. The van der Waals surface area contributed by atoms with Gasteiger partial charge in [0.1, 0.15) is 0 Å². The SMILES string of the molecule is C[C@@H]1[C@@H]([Si](C)(C)F)[C@H](CCn2cc(C(CO)c3ccccc3)nn2)O[C@@]12C(=O)N(Cc1cccc(N3C(=O)c4cccc5cccc3c45)c1)c1ccc(Cl)cc12. The summed E-state index contributed by atoms with van der Waals surface area (Å²) in [5, 5.41) is 21.3. The lowest BCUT2D eigenvalue weighted by atomic mass is 9.82. The Hall–Kier alpha value is -5.20. The summed E-state index contributed by atoms with van der Waals surface area (Å²) in [4.78, 5) is 32.3. The van der Waals surface area contributed by atoms with Crippen LogP contribution < -0.4 is 9.80 Å². The number of carbonyl (C=O) groups is 2. The van der Waals surface area contributed by atoms with E-state index in [1.54, 1.807) is 39.7 Å². The molecule has 4 heterocycles. The molecule has 3 aliphatic heterocycles. The Kier molecular flexibility index (Phi) is 8.96. The Morgan fingerprint density at radius 3 is 2.48 bits per heavy atom. The van der Waals surface area contributed by atoms with E-state index in [2.05, 4.69) is 10.3 Å². The van der Waals surface area contributed by atoms with E-state index in [4.69, 9.17) is 16.3 Å². The summed E-state index contributed by atoms with van der Waals surface area (Å²) >= 11 is 6.63. The molecule has 1 saturated heterocycles. The van der Waals surface area contributed by atoms with Gasteiger partial charge in [0, 0.05) is 45.9 Å². The molecule has 1 N–H and O–H groups in total. The maximum atomic E-state index is 16.5. The van der Waals surface area contributed by atoms with Crippen LogP contribution in [0, 0.1) is 5.92 Å². The van der Waals surface area contributed by atoms with Crippen molar-refractivity contribution in [1.29, 1.82) is 0 Å². The maximum absolute atomic E-state index is 16.5. The summed E-state index contributed by atoms with van der Waals surface area (Å²) in [6.07, 6.45) is 1.63. The normalized spacial score (nSPS) is 22.1. The number of fused-ring (bicyclic) bond motifs is 2. The Morgan fingerprint density at radius 1 is 0.946 bits per heavy atom. The third-order valence-corrected chi connectivity index (χ3v) is 14.6. The minimum Gasteiger partial charge on any atom is -0.395 e. The first-order chi connectivity index (χ1) is 27.0. The first kappa shape index (κ1) is 36.4. The average Bonchev–Trinajstić information content (AvgIpc) is 3.91. The number of anilines is 3. The van der Waals surface area contributed by atoms with Gasteiger partial charge in [-0.3, -0.25) is 19.2 Å². The van der Waals surface area contributed by atoms with Crippen molar-refractivity contribution in [3.05, 3.63) is 148 Å². The molecule has 56 heavy (non-hydrogen) atoms. The lowest BCUT2D eigenvalue weighted by molar-refractivity contribution is -0.146. The summed E-state index contributed by atoms with van der Waals surface area (Å²) in [7, 11) is -3.43. The Labute approximate surface area is 330 Å². The van der Waals surface area contributed by atoms with Crippen LogP contribution in [0.1, 0.15) is 52.0 Å². The second-order valence-electron chi connectivity index (χ2n) is 15.7. The molecule has 1 aromatic heterocycles. The topological polar surface area (TPSA) is 101 Å².